The number of nitriles is 1. The van der Waals surface area contributed by atoms with Crippen LogP contribution in [0.5, 0.6) is 0 Å². The molecule has 1 aromatic carbocycles. The van der Waals surface area contributed by atoms with Gasteiger partial charge in [-0.3, -0.25) is 4.79 Å². The van der Waals surface area contributed by atoms with E-state index < -0.39 is 5.54 Å². The van der Waals surface area contributed by atoms with Gasteiger partial charge in [-0.1, -0.05) is 31.2 Å². The van der Waals surface area contributed by atoms with Crippen LogP contribution >= 0.6 is 0 Å². The molecule has 0 bridgehead atoms. The van der Waals surface area contributed by atoms with Crippen LogP contribution in [0, 0.1) is 24.2 Å². The quantitative estimate of drug-likeness (QED) is 0.917. The van der Waals surface area contributed by atoms with E-state index in [1.807, 2.05) is 31.2 Å². The molecule has 106 valence electrons. The molecule has 1 aliphatic carbocycles. The topological polar surface area (TPSA) is 52.9 Å². The Morgan fingerprint density at radius 2 is 2.05 bits per heavy atom. The average Bonchev–Trinajstić information content (AvgIpc) is 2.44. The lowest BCUT2D eigenvalue weighted by Crippen LogP contribution is -2.50. The molecule has 1 fully saturated rings. The van der Waals surface area contributed by atoms with Crippen molar-refractivity contribution < 1.29 is 4.79 Å². The van der Waals surface area contributed by atoms with Gasteiger partial charge in [0, 0.05) is 0 Å². The summed E-state index contributed by atoms with van der Waals surface area (Å²) in [7, 11) is 0. The number of hydrogen-bond acceptors (Lipinski definition) is 2. The van der Waals surface area contributed by atoms with Gasteiger partial charge >= 0.3 is 0 Å². The lowest BCUT2D eigenvalue weighted by molar-refractivity contribution is -0.122. The van der Waals surface area contributed by atoms with Crippen molar-refractivity contribution in [2.24, 2.45) is 5.92 Å². The summed E-state index contributed by atoms with van der Waals surface area (Å²) in [5, 5.41) is 12.4. The fourth-order valence-corrected chi connectivity index (χ4v) is 2.81. The number of benzene rings is 1. The number of carbonyl (C=O) groups is 1. The van der Waals surface area contributed by atoms with Crippen LogP contribution in [0.25, 0.3) is 0 Å². The monoisotopic (exact) mass is 270 g/mol. The normalized spacial score (nSPS) is 25.8. The summed E-state index contributed by atoms with van der Waals surface area (Å²) in [4.78, 5) is 12.2. The Bertz CT molecular complexity index is 522. The maximum absolute atomic E-state index is 12.2. The van der Waals surface area contributed by atoms with Crippen LogP contribution < -0.4 is 5.32 Å². The van der Waals surface area contributed by atoms with Gasteiger partial charge in [-0.05, 0) is 49.7 Å². The Balaban J connectivity index is 2.00. The van der Waals surface area contributed by atoms with E-state index in [2.05, 4.69) is 18.3 Å². The maximum atomic E-state index is 12.2. The second kappa shape index (κ2) is 6.09. The molecule has 1 aliphatic rings. The van der Waals surface area contributed by atoms with Gasteiger partial charge in [-0.2, -0.15) is 5.26 Å². The number of hydrogen-bond donors (Lipinski definition) is 1. The lowest BCUT2D eigenvalue weighted by atomic mass is 9.78. The van der Waals surface area contributed by atoms with Gasteiger partial charge in [0.2, 0.25) is 5.91 Å². The van der Waals surface area contributed by atoms with E-state index in [1.165, 1.54) is 0 Å². The highest BCUT2D eigenvalue weighted by molar-refractivity contribution is 5.80. The van der Waals surface area contributed by atoms with Crippen molar-refractivity contribution in [3.63, 3.8) is 0 Å². The van der Waals surface area contributed by atoms with Crippen molar-refractivity contribution in [2.45, 2.75) is 51.5 Å². The average molecular weight is 270 g/mol. The Morgan fingerprint density at radius 1 is 1.40 bits per heavy atom. The third kappa shape index (κ3) is 3.39. The van der Waals surface area contributed by atoms with Crippen molar-refractivity contribution >= 4 is 5.91 Å². The molecule has 20 heavy (non-hydrogen) atoms. The first-order valence-electron chi connectivity index (χ1n) is 7.31. The number of nitrogens with zero attached hydrogens (tertiary/aromatic N) is 1. The van der Waals surface area contributed by atoms with Crippen LogP contribution in [0.1, 0.15) is 43.7 Å². The molecule has 0 unspecified atom stereocenters. The van der Waals surface area contributed by atoms with Gasteiger partial charge in [0.25, 0.3) is 0 Å². The zero-order valence-corrected chi connectivity index (χ0v) is 12.3. The maximum Gasteiger partial charge on any atom is 0.225 e. The number of carbonyl (C=O) groups excluding carboxylic acids is 1. The summed E-state index contributed by atoms with van der Waals surface area (Å²) in [6.45, 7) is 4.21. The first kappa shape index (κ1) is 14.6. The van der Waals surface area contributed by atoms with Gasteiger partial charge in [0.1, 0.15) is 5.54 Å². The molecule has 0 atom stereocenters. The number of amides is 1. The fourth-order valence-electron chi connectivity index (χ4n) is 2.81. The molecule has 1 aromatic rings. The van der Waals surface area contributed by atoms with E-state index >= 15 is 0 Å². The summed E-state index contributed by atoms with van der Waals surface area (Å²) in [5.74, 6) is 0.611. The number of rotatable bonds is 3. The highest BCUT2D eigenvalue weighted by Gasteiger charge is 2.35. The molecule has 0 aliphatic heterocycles. The Labute approximate surface area is 121 Å². The van der Waals surface area contributed by atoms with Crippen molar-refractivity contribution in [3.8, 4) is 6.07 Å². The zero-order chi connectivity index (χ0) is 14.6. The zero-order valence-electron chi connectivity index (χ0n) is 12.3. The van der Waals surface area contributed by atoms with Crippen molar-refractivity contribution in [2.75, 3.05) is 0 Å². The van der Waals surface area contributed by atoms with E-state index in [0.29, 0.717) is 12.3 Å². The smallest absolute Gasteiger partial charge is 0.225 e. The third-order valence-corrected chi connectivity index (χ3v) is 4.33. The summed E-state index contributed by atoms with van der Waals surface area (Å²) in [5.41, 5.74) is 1.50. The van der Waals surface area contributed by atoms with Crippen molar-refractivity contribution in [1.82, 2.24) is 5.32 Å². The molecule has 0 spiro atoms. The molecule has 2 rings (SSSR count). The summed E-state index contributed by atoms with van der Waals surface area (Å²) in [6, 6.07) is 10.2. The van der Waals surface area contributed by atoms with Crippen LogP contribution in [-0.4, -0.2) is 11.4 Å². The third-order valence-electron chi connectivity index (χ3n) is 4.33. The van der Waals surface area contributed by atoms with Gasteiger partial charge in [-0.25, -0.2) is 0 Å². The van der Waals surface area contributed by atoms with Crippen LogP contribution in [0.2, 0.25) is 0 Å². The predicted octanol–water partition coefficient (Wildman–Crippen LogP) is 3.13. The van der Waals surface area contributed by atoms with E-state index in [4.69, 9.17) is 0 Å². The van der Waals surface area contributed by atoms with Crippen molar-refractivity contribution in [1.29, 1.82) is 5.26 Å². The number of nitrogens with one attached hydrogen (secondary N) is 1. The summed E-state index contributed by atoms with van der Waals surface area (Å²) >= 11 is 0. The second-order valence-corrected chi connectivity index (χ2v) is 6.03. The largest absolute Gasteiger partial charge is 0.338 e. The molecular formula is C17H22N2O. The minimum Gasteiger partial charge on any atom is -0.338 e. The van der Waals surface area contributed by atoms with Crippen LogP contribution in [0.15, 0.2) is 24.3 Å². The van der Waals surface area contributed by atoms with Crippen LogP contribution in [0.4, 0.5) is 0 Å². The van der Waals surface area contributed by atoms with E-state index in [0.717, 1.165) is 36.8 Å². The van der Waals surface area contributed by atoms with Crippen molar-refractivity contribution in [3.05, 3.63) is 35.4 Å². The highest BCUT2D eigenvalue weighted by atomic mass is 16.1. The first-order chi connectivity index (χ1) is 9.54. The molecule has 0 saturated heterocycles. The molecule has 1 N–H and O–H groups in total. The second-order valence-electron chi connectivity index (χ2n) is 6.03. The molecule has 1 saturated carbocycles. The van der Waals surface area contributed by atoms with Gasteiger partial charge < -0.3 is 5.32 Å². The fraction of sp³-hybridized carbons (Fsp3) is 0.529. The Hall–Kier alpha value is -1.82. The molecule has 1 amide bonds. The SMILES string of the molecule is Cc1ccccc1CC(=O)NC1(C#N)CCC(C)CC1. The van der Waals surface area contributed by atoms with Gasteiger partial charge in [-0.15, -0.1) is 0 Å². The number of aryl methyl sites for hydroxylation is 1. The Kier molecular flexibility index (Phi) is 4.44. The van der Waals surface area contributed by atoms with E-state index in [-0.39, 0.29) is 5.91 Å². The minimum atomic E-state index is -0.647. The highest BCUT2D eigenvalue weighted by Crippen LogP contribution is 2.31. The van der Waals surface area contributed by atoms with Crippen LogP contribution in [-0.2, 0) is 11.2 Å². The van der Waals surface area contributed by atoms with E-state index in [1.54, 1.807) is 0 Å². The standard InChI is InChI=1S/C17H22N2O/c1-13-7-9-17(12-18,10-8-13)19-16(20)11-15-6-4-3-5-14(15)2/h3-6,13H,7-11H2,1-2H3,(H,19,20). The lowest BCUT2D eigenvalue weighted by Gasteiger charge is -2.34. The van der Waals surface area contributed by atoms with Gasteiger partial charge in [0.15, 0.2) is 0 Å². The first-order valence-corrected chi connectivity index (χ1v) is 7.31. The molecule has 0 aromatic heterocycles. The molecular weight excluding hydrogens is 248 g/mol. The molecule has 3 heteroatoms. The molecule has 0 heterocycles. The van der Waals surface area contributed by atoms with Gasteiger partial charge in [0.05, 0.1) is 12.5 Å². The molecule has 0 radical (unpaired) electrons. The summed E-state index contributed by atoms with van der Waals surface area (Å²) < 4.78 is 0. The molecule has 3 nitrogen and oxygen atoms in total. The Morgan fingerprint density at radius 3 is 2.65 bits per heavy atom. The van der Waals surface area contributed by atoms with Crippen LogP contribution in [0.3, 0.4) is 0 Å². The minimum absolute atomic E-state index is 0.0459. The predicted molar refractivity (Wildman–Crippen MR) is 79.0 cm³/mol. The van der Waals surface area contributed by atoms with E-state index in [9.17, 15) is 10.1 Å². The summed E-state index contributed by atoms with van der Waals surface area (Å²) in [6.07, 6.45) is 3.91.